The minimum absolute atomic E-state index is 0.370. The second-order valence-electron chi connectivity index (χ2n) is 4.12. The molecule has 0 bridgehead atoms. The molecular formula is C13H18Cl2OS. The van der Waals surface area contributed by atoms with E-state index in [1.165, 1.54) is 0 Å². The van der Waals surface area contributed by atoms with Crippen molar-refractivity contribution >= 4 is 35.0 Å². The van der Waals surface area contributed by atoms with E-state index in [4.69, 9.17) is 23.2 Å². The lowest BCUT2D eigenvalue weighted by Crippen LogP contribution is -2.15. The highest BCUT2D eigenvalue weighted by molar-refractivity contribution is 7.99. The fraction of sp³-hybridized carbons (Fsp3) is 0.538. The quantitative estimate of drug-likeness (QED) is 0.837. The van der Waals surface area contributed by atoms with Crippen molar-refractivity contribution < 1.29 is 5.11 Å². The molecule has 0 amide bonds. The highest BCUT2D eigenvalue weighted by Crippen LogP contribution is 2.27. The summed E-state index contributed by atoms with van der Waals surface area (Å²) in [5.41, 5.74) is 0.913. The third-order valence-electron chi connectivity index (χ3n) is 2.64. The summed E-state index contributed by atoms with van der Waals surface area (Å²) in [7, 11) is 0. The van der Waals surface area contributed by atoms with E-state index in [1.54, 1.807) is 17.8 Å². The topological polar surface area (TPSA) is 20.2 Å². The van der Waals surface area contributed by atoms with Gasteiger partial charge in [0, 0.05) is 17.4 Å². The number of rotatable bonds is 6. The van der Waals surface area contributed by atoms with Gasteiger partial charge in [0.2, 0.25) is 0 Å². The fourth-order valence-electron chi connectivity index (χ4n) is 1.41. The van der Waals surface area contributed by atoms with Gasteiger partial charge in [0.1, 0.15) is 0 Å². The SMILES string of the molecule is CCC(C)SCC(O)Cc1cccc(Cl)c1Cl. The van der Waals surface area contributed by atoms with Crippen molar-refractivity contribution in [2.45, 2.75) is 38.0 Å². The van der Waals surface area contributed by atoms with E-state index in [1.807, 2.05) is 12.1 Å². The van der Waals surface area contributed by atoms with Gasteiger partial charge in [-0.3, -0.25) is 0 Å². The van der Waals surface area contributed by atoms with E-state index < -0.39 is 0 Å². The molecule has 0 fully saturated rings. The van der Waals surface area contributed by atoms with Gasteiger partial charge in [0.25, 0.3) is 0 Å². The summed E-state index contributed by atoms with van der Waals surface area (Å²) in [5.74, 6) is 0.734. The third kappa shape index (κ3) is 5.09. The molecule has 0 spiro atoms. The molecule has 1 aromatic carbocycles. The van der Waals surface area contributed by atoms with Crippen molar-refractivity contribution in [1.82, 2.24) is 0 Å². The highest BCUT2D eigenvalue weighted by Gasteiger charge is 2.11. The smallest absolute Gasteiger partial charge is 0.0671 e. The van der Waals surface area contributed by atoms with E-state index in [0.29, 0.717) is 21.7 Å². The lowest BCUT2D eigenvalue weighted by molar-refractivity contribution is 0.200. The predicted molar refractivity (Wildman–Crippen MR) is 78.4 cm³/mol. The first kappa shape index (κ1) is 15.2. The van der Waals surface area contributed by atoms with Gasteiger partial charge in [0.05, 0.1) is 16.1 Å². The van der Waals surface area contributed by atoms with Gasteiger partial charge in [-0.1, -0.05) is 49.2 Å². The van der Waals surface area contributed by atoms with E-state index in [0.717, 1.165) is 17.7 Å². The van der Waals surface area contributed by atoms with E-state index >= 15 is 0 Å². The van der Waals surface area contributed by atoms with Crippen LogP contribution in [0.5, 0.6) is 0 Å². The molecule has 0 aromatic heterocycles. The number of aliphatic hydroxyl groups excluding tert-OH is 1. The van der Waals surface area contributed by atoms with Crippen molar-refractivity contribution in [2.75, 3.05) is 5.75 Å². The first-order chi connectivity index (χ1) is 8.04. The Labute approximate surface area is 118 Å². The van der Waals surface area contributed by atoms with E-state index in [9.17, 15) is 5.11 Å². The Morgan fingerprint density at radius 1 is 1.35 bits per heavy atom. The first-order valence-corrected chi connectivity index (χ1v) is 7.57. The second-order valence-corrected chi connectivity index (χ2v) is 6.38. The maximum atomic E-state index is 9.94. The Kier molecular flexibility index (Phi) is 6.71. The predicted octanol–water partition coefficient (Wildman–Crippen LogP) is 4.43. The maximum absolute atomic E-state index is 9.94. The number of aliphatic hydroxyl groups is 1. The monoisotopic (exact) mass is 292 g/mol. The molecular weight excluding hydrogens is 275 g/mol. The molecule has 0 saturated carbocycles. The van der Waals surface area contributed by atoms with Crippen LogP contribution in [0.4, 0.5) is 0 Å². The van der Waals surface area contributed by atoms with Gasteiger partial charge >= 0.3 is 0 Å². The molecule has 0 heterocycles. The van der Waals surface area contributed by atoms with Crippen molar-refractivity contribution in [2.24, 2.45) is 0 Å². The third-order valence-corrected chi connectivity index (χ3v) is 4.97. The zero-order valence-electron chi connectivity index (χ0n) is 10.1. The van der Waals surface area contributed by atoms with Crippen LogP contribution in [0.3, 0.4) is 0 Å². The normalized spacial score (nSPS) is 14.6. The number of halogens is 2. The largest absolute Gasteiger partial charge is 0.392 e. The van der Waals surface area contributed by atoms with Crippen LogP contribution in [0.15, 0.2) is 18.2 Å². The number of hydrogen-bond acceptors (Lipinski definition) is 2. The van der Waals surface area contributed by atoms with Gasteiger partial charge in [-0.2, -0.15) is 11.8 Å². The van der Waals surface area contributed by atoms with Gasteiger partial charge in [-0.15, -0.1) is 0 Å². The molecule has 0 radical (unpaired) electrons. The van der Waals surface area contributed by atoms with Crippen molar-refractivity contribution in [3.8, 4) is 0 Å². The average molecular weight is 293 g/mol. The average Bonchev–Trinajstić information content (AvgIpc) is 2.32. The molecule has 1 N–H and O–H groups in total. The van der Waals surface area contributed by atoms with Gasteiger partial charge < -0.3 is 5.11 Å². The number of hydrogen-bond donors (Lipinski definition) is 1. The molecule has 1 rings (SSSR count). The van der Waals surface area contributed by atoms with Crippen LogP contribution < -0.4 is 0 Å². The van der Waals surface area contributed by atoms with Crippen LogP contribution >= 0.6 is 35.0 Å². The Morgan fingerprint density at radius 2 is 2.06 bits per heavy atom. The first-order valence-electron chi connectivity index (χ1n) is 5.77. The Balaban J connectivity index is 2.50. The van der Waals surface area contributed by atoms with Crippen LogP contribution in [-0.2, 0) is 6.42 Å². The Morgan fingerprint density at radius 3 is 2.71 bits per heavy atom. The lowest BCUT2D eigenvalue weighted by Gasteiger charge is -2.14. The van der Waals surface area contributed by atoms with Crippen molar-refractivity contribution in [3.63, 3.8) is 0 Å². The fourth-order valence-corrected chi connectivity index (χ4v) is 2.71. The van der Waals surface area contributed by atoms with Gasteiger partial charge in [-0.25, -0.2) is 0 Å². The van der Waals surface area contributed by atoms with E-state index in [-0.39, 0.29) is 6.10 Å². The summed E-state index contributed by atoms with van der Waals surface area (Å²) in [6.07, 6.45) is 1.31. The van der Waals surface area contributed by atoms with Crippen molar-refractivity contribution in [1.29, 1.82) is 0 Å². The number of thioether (sulfide) groups is 1. The lowest BCUT2D eigenvalue weighted by atomic mass is 10.1. The molecule has 2 unspecified atom stereocenters. The minimum atomic E-state index is -0.370. The zero-order valence-corrected chi connectivity index (χ0v) is 12.4. The molecule has 4 heteroatoms. The zero-order chi connectivity index (χ0) is 12.8. The van der Waals surface area contributed by atoms with Crippen LogP contribution in [0.2, 0.25) is 10.0 Å². The molecule has 1 aromatic rings. The van der Waals surface area contributed by atoms with E-state index in [2.05, 4.69) is 13.8 Å². The molecule has 17 heavy (non-hydrogen) atoms. The Hall–Kier alpha value is 0.110. The van der Waals surface area contributed by atoms with Crippen LogP contribution in [0.25, 0.3) is 0 Å². The second kappa shape index (κ2) is 7.52. The summed E-state index contributed by atoms with van der Waals surface area (Å²) in [4.78, 5) is 0. The highest BCUT2D eigenvalue weighted by atomic mass is 35.5. The summed E-state index contributed by atoms with van der Waals surface area (Å²) < 4.78 is 0. The summed E-state index contributed by atoms with van der Waals surface area (Å²) in [5, 5.41) is 11.6. The van der Waals surface area contributed by atoms with Gasteiger partial charge in [-0.05, 0) is 18.1 Å². The molecule has 2 atom stereocenters. The van der Waals surface area contributed by atoms with Crippen LogP contribution in [0.1, 0.15) is 25.8 Å². The summed E-state index contributed by atoms with van der Waals surface area (Å²) in [6.45, 7) is 4.32. The van der Waals surface area contributed by atoms with Crippen molar-refractivity contribution in [3.05, 3.63) is 33.8 Å². The summed E-state index contributed by atoms with van der Waals surface area (Å²) in [6, 6.07) is 5.52. The molecule has 96 valence electrons. The van der Waals surface area contributed by atoms with Crippen LogP contribution in [0, 0.1) is 0 Å². The standard InChI is InChI=1S/C13H18Cl2OS/c1-3-9(2)17-8-11(16)7-10-5-4-6-12(14)13(10)15/h4-6,9,11,16H,3,7-8H2,1-2H3. The molecule has 1 nitrogen and oxygen atoms in total. The van der Waals surface area contributed by atoms with Gasteiger partial charge in [0.15, 0.2) is 0 Å². The molecule has 0 aliphatic carbocycles. The maximum Gasteiger partial charge on any atom is 0.0671 e. The minimum Gasteiger partial charge on any atom is -0.392 e. The molecule has 0 aliphatic rings. The number of benzene rings is 1. The molecule has 0 saturated heterocycles. The Bertz CT molecular complexity index is 357. The summed E-state index contributed by atoms with van der Waals surface area (Å²) >= 11 is 13.8. The molecule has 0 aliphatic heterocycles. The van der Waals surface area contributed by atoms with Crippen LogP contribution in [-0.4, -0.2) is 22.2 Å².